The van der Waals surface area contributed by atoms with Crippen molar-refractivity contribution in [1.82, 2.24) is 20.5 Å². The maximum Gasteiger partial charge on any atom is 0.226 e. The lowest BCUT2D eigenvalue weighted by Gasteiger charge is -2.31. The molecular formula is C19H29N5O2. The Hall–Kier alpha value is -2.15. The summed E-state index contributed by atoms with van der Waals surface area (Å²) in [5.41, 5.74) is 1.08. The molecule has 0 radical (unpaired) electrons. The SMILES string of the molecule is Cc1cccnc1NCCNC(=O)[C@@H]1CNC[C@H](C(=O)N2CCCC2)C1. The quantitative estimate of drug-likeness (QED) is 0.653. The first kappa shape index (κ1) is 18.6. The molecule has 0 unspecified atom stereocenters. The van der Waals surface area contributed by atoms with E-state index in [0.29, 0.717) is 32.6 Å². The van der Waals surface area contributed by atoms with E-state index >= 15 is 0 Å². The van der Waals surface area contributed by atoms with Crippen molar-refractivity contribution in [3.63, 3.8) is 0 Å². The molecule has 0 saturated carbocycles. The van der Waals surface area contributed by atoms with E-state index in [1.54, 1.807) is 6.20 Å². The minimum atomic E-state index is -0.142. The first-order chi connectivity index (χ1) is 12.6. The number of nitrogens with zero attached hydrogens (tertiary/aromatic N) is 2. The van der Waals surface area contributed by atoms with Crippen LogP contribution in [0, 0.1) is 18.8 Å². The van der Waals surface area contributed by atoms with Gasteiger partial charge in [0.05, 0.1) is 11.8 Å². The molecule has 7 heteroatoms. The maximum absolute atomic E-state index is 12.6. The second kappa shape index (κ2) is 8.98. The molecule has 0 aliphatic carbocycles. The van der Waals surface area contributed by atoms with E-state index in [1.165, 1.54) is 0 Å². The molecule has 2 fully saturated rings. The van der Waals surface area contributed by atoms with Crippen LogP contribution >= 0.6 is 0 Å². The largest absolute Gasteiger partial charge is 0.368 e. The number of hydrogen-bond donors (Lipinski definition) is 3. The van der Waals surface area contributed by atoms with Crippen molar-refractivity contribution >= 4 is 17.6 Å². The van der Waals surface area contributed by atoms with Gasteiger partial charge in [0, 0.05) is 45.5 Å². The first-order valence-electron chi connectivity index (χ1n) is 9.58. The number of amides is 2. The zero-order valence-corrected chi connectivity index (χ0v) is 15.5. The summed E-state index contributed by atoms with van der Waals surface area (Å²) < 4.78 is 0. The molecule has 3 N–H and O–H groups in total. The summed E-state index contributed by atoms with van der Waals surface area (Å²) in [5.74, 6) is 0.858. The highest BCUT2D eigenvalue weighted by Gasteiger charge is 2.33. The molecule has 3 heterocycles. The standard InChI is InChI=1S/C19H29N5O2/c1-14-5-4-6-21-17(14)22-7-8-23-18(25)15-11-16(13-20-12-15)19(26)24-9-2-3-10-24/h4-6,15-16,20H,2-3,7-13H2,1H3,(H,21,22)(H,23,25)/t15-,16+/m0/s1. The van der Waals surface area contributed by atoms with Crippen molar-refractivity contribution in [3.05, 3.63) is 23.9 Å². The second-order valence-corrected chi connectivity index (χ2v) is 7.21. The van der Waals surface area contributed by atoms with Crippen LogP contribution in [0.4, 0.5) is 5.82 Å². The number of carbonyl (C=O) groups is 2. The maximum atomic E-state index is 12.6. The lowest BCUT2D eigenvalue weighted by Crippen LogP contribution is -2.49. The van der Waals surface area contributed by atoms with E-state index in [2.05, 4.69) is 20.9 Å². The summed E-state index contributed by atoms with van der Waals surface area (Å²) in [5, 5.41) is 9.47. The van der Waals surface area contributed by atoms with Crippen molar-refractivity contribution < 1.29 is 9.59 Å². The number of rotatable bonds is 6. The van der Waals surface area contributed by atoms with Gasteiger partial charge in [0.15, 0.2) is 0 Å². The average molecular weight is 359 g/mol. The molecule has 3 rings (SSSR count). The number of aromatic nitrogens is 1. The third-order valence-electron chi connectivity index (χ3n) is 5.21. The molecule has 2 amide bonds. The van der Waals surface area contributed by atoms with Crippen LogP contribution in [0.2, 0.25) is 0 Å². The van der Waals surface area contributed by atoms with E-state index < -0.39 is 0 Å². The van der Waals surface area contributed by atoms with Crippen LogP contribution in [0.15, 0.2) is 18.3 Å². The highest BCUT2D eigenvalue weighted by Crippen LogP contribution is 2.21. The van der Waals surface area contributed by atoms with Crippen molar-refractivity contribution in [2.75, 3.05) is 44.6 Å². The van der Waals surface area contributed by atoms with E-state index in [-0.39, 0.29) is 23.7 Å². The lowest BCUT2D eigenvalue weighted by molar-refractivity contribution is -0.136. The van der Waals surface area contributed by atoms with Crippen LogP contribution in [0.3, 0.4) is 0 Å². The molecule has 0 spiro atoms. The lowest BCUT2D eigenvalue weighted by atomic mass is 9.89. The number of pyridine rings is 1. The van der Waals surface area contributed by atoms with Gasteiger partial charge in [0.25, 0.3) is 0 Å². The zero-order valence-electron chi connectivity index (χ0n) is 15.5. The van der Waals surface area contributed by atoms with Gasteiger partial charge in [-0.15, -0.1) is 0 Å². The van der Waals surface area contributed by atoms with Gasteiger partial charge in [-0.3, -0.25) is 9.59 Å². The van der Waals surface area contributed by atoms with E-state index in [1.807, 2.05) is 24.0 Å². The first-order valence-corrected chi connectivity index (χ1v) is 9.58. The Bertz CT molecular complexity index is 630. The van der Waals surface area contributed by atoms with Crippen LogP contribution in [0.25, 0.3) is 0 Å². The monoisotopic (exact) mass is 359 g/mol. The molecule has 0 aromatic carbocycles. The van der Waals surface area contributed by atoms with E-state index in [9.17, 15) is 9.59 Å². The fourth-order valence-corrected chi connectivity index (χ4v) is 3.71. The number of hydrogen-bond acceptors (Lipinski definition) is 5. The Balaban J connectivity index is 1.41. The van der Waals surface area contributed by atoms with Gasteiger partial charge in [-0.05, 0) is 37.8 Å². The van der Waals surface area contributed by atoms with Gasteiger partial charge in [-0.1, -0.05) is 6.07 Å². The van der Waals surface area contributed by atoms with E-state index in [4.69, 9.17) is 0 Å². The third-order valence-corrected chi connectivity index (χ3v) is 5.21. The molecule has 142 valence electrons. The van der Waals surface area contributed by atoms with Crippen LogP contribution < -0.4 is 16.0 Å². The Labute approximate surface area is 154 Å². The molecule has 26 heavy (non-hydrogen) atoms. The summed E-state index contributed by atoms with van der Waals surface area (Å²) >= 11 is 0. The average Bonchev–Trinajstić information content (AvgIpc) is 3.20. The summed E-state index contributed by atoms with van der Waals surface area (Å²) in [6.07, 6.45) is 4.58. The Morgan fingerprint density at radius 3 is 2.77 bits per heavy atom. The van der Waals surface area contributed by atoms with Crippen LogP contribution in [0.5, 0.6) is 0 Å². The van der Waals surface area contributed by atoms with Crippen LogP contribution in [-0.2, 0) is 9.59 Å². The number of carbonyl (C=O) groups excluding carboxylic acids is 2. The summed E-state index contributed by atoms with van der Waals surface area (Å²) in [6.45, 7) is 6.21. The smallest absolute Gasteiger partial charge is 0.226 e. The summed E-state index contributed by atoms with van der Waals surface area (Å²) in [7, 11) is 0. The molecule has 2 saturated heterocycles. The van der Waals surface area contributed by atoms with Gasteiger partial charge in [0.1, 0.15) is 5.82 Å². The van der Waals surface area contributed by atoms with Crippen molar-refractivity contribution in [3.8, 4) is 0 Å². The Kier molecular flexibility index (Phi) is 6.44. The molecule has 2 aliphatic heterocycles. The molecule has 2 atom stereocenters. The van der Waals surface area contributed by atoms with Crippen LogP contribution in [-0.4, -0.2) is 61.0 Å². The second-order valence-electron chi connectivity index (χ2n) is 7.21. The summed E-state index contributed by atoms with van der Waals surface area (Å²) in [4.78, 5) is 31.2. The number of anilines is 1. The van der Waals surface area contributed by atoms with Crippen molar-refractivity contribution in [2.24, 2.45) is 11.8 Å². The van der Waals surface area contributed by atoms with Gasteiger partial charge in [0.2, 0.25) is 11.8 Å². The number of nitrogens with one attached hydrogen (secondary N) is 3. The number of piperidine rings is 1. The third kappa shape index (κ3) is 4.72. The fourth-order valence-electron chi connectivity index (χ4n) is 3.71. The molecular weight excluding hydrogens is 330 g/mol. The summed E-state index contributed by atoms with van der Waals surface area (Å²) in [6, 6.07) is 3.90. The molecule has 1 aromatic heterocycles. The Morgan fingerprint density at radius 1 is 1.23 bits per heavy atom. The van der Waals surface area contributed by atoms with Gasteiger partial charge in [-0.25, -0.2) is 4.98 Å². The van der Waals surface area contributed by atoms with Gasteiger partial charge < -0.3 is 20.9 Å². The predicted octanol–water partition coefficient (Wildman–Crippen LogP) is 0.766. The molecule has 7 nitrogen and oxygen atoms in total. The molecule has 2 aliphatic rings. The van der Waals surface area contributed by atoms with Crippen LogP contribution in [0.1, 0.15) is 24.8 Å². The zero-order chi connectivity index (χ0) is 18.4. The molecule has 1 aromatic rings. The minimum absolute atomic E-state index is 0.0240. The van der Waals surface area contributed by atoms with E-state index in [0.717, 1.165) is 37.3 Å². The predicted molar refractivity (Wildman–Crippen MR) is 101 cm³/mol. The van der Waals surface area contributed by atoms with Gasteiger partial charge in [-0.2, -0.15) is 0 Å². The highest BCUT2D eigenvalue weighted by molar-refractivity contribution is 5.83. The fraction of sp³-hybridized carbons (Fsp3) is 0.632. The normalized spacial score (nSPS) is 22.9. The van der Waals surface area contributed by atoms with Crippen molar-refractivity contribution in [2.45, 2.75) is 26.2 Å². The minimum Gasteiger partial charge on any atom is -0.368 e. The topological polar surface area (TPSA) is 86.4 Å². The Morgan fingerprint density at radius 2 is 2.00 bits per heavy atom. The van der Waals surface area contributed by atoms with Crippen molar-refractivity contribution in [1.29, 1.82) is 0 Å². The molecule has 0 bridgehead atoms. The number of likely N-dealkylation sites (tertiary alicyclic amines) is 1. The van der Waals surface area contributed by atoms with Gasteiger partial charge >= 0.3 is 0 Å². The highest BCUT2D eigenvalue weighted by atomic mass is 16.2. The number of aryl methyl sites for hydroxylation is 1.